The molecule has 2 heterocycles. The van der Waals surface area contributed by atoms with Crippen molar-refractivity contribution in [3.05, 3.63) is 12.4 Å². The van der Waals surface area contributed by atoms with Crippen LogP contribution in [0, 0.1) is 11.3 Å². The summed E-state index contributed by atoms with van der Waals surface area (Å²) in [5, 5.41) is 9.02. The molecule has 0 unspecified atom stereocenters. The second-order valence-electron chi connectivity index (χ2n) is 7.35. The van der Waals surface area contributed by atoms with Gasteiger partial charge in [0.05, 0.1) is 6.20 Å². The van der Waals surface area contributed by atoms with Gasteiger partial charge in [0.25, 0.3) is 0 Å². The van der Waals surface area contributed by atoms with Crippen molar-refractivity contribution >= 4 is 15.9 Å². The first kappa shape index (κ1) is 16.4. The minimum Gasteiger partial charge on any atom is -0.339 e. The van der Waals surface area contributed by atoms with Crippen molar-refractivity contribution in [1.82, 2.24) is 14.7 Å². The number of nitrogens with zero attached hydrogens (tertiary/aromatic N) is 3. The van der Waals surface area contributed by atoms with E-state index in [1.807, 2.05) is 4.90 Å². The monoisotopic (exact) mass is 340 g/mol. The smallest absolute Gasteiger partial charge is 0.241 e. The highest BCUT2D eigenvalue weighted by molar-refractivity contribution is 7.89. The third kappa shape index (κ3) is 3.14. The molecule has 128 valence electrons. The zero-order chi connectivity index (χ0) is 16.8. The summed E-state index contributed by atoms with van der Waals surface area (Å²) in [6, 6.07) is 0.370. The maximum atomic E-state index is 12.6. The normalized spacial score (nSPS) is 26.5. The number of sulfonamides is 1. The molecule has 1 aromatic rings. The van der Waals surface area contributed by atoms with Crippen LogP contribution in [0.2, 0.25) is 0 Å². The summed E-state index contributed by atoms with van der Waals surface area (Å²) in [6.45, 7) is 5.66. The van der Waals surface area contributed by atoms with Gasteiger partial charge in [-0.15, -0.1) is 0 Å². The molecule has 1 saturated heterocycles. The van der Waals surface area contributed by atoms with Crippen LogP contribution in [-0.4, -0.2) is 41.6 Å². The number of rotatable bonds is 4. The van der Waals surface area contributed by atoms with Crippen molar-refractivity contribution < 1.29 is 13.2 Å². The minimum atomic E-state index is -3.74. The molecule has 1 aliphatic carbocycles. The Labute approximate surface area is 136 Å². The topological polar surface area (TPSA) is 98.3 Å². The second kappa shape index (κ2) is 5.59. The molecule has 0 bridgehead atoms. The van der Waals surface area contributed by atoms with Crippen molar-refractivity contribution in [2.75, 3.05) is 6.54 Å². The molecule has 23 heavy (non-hydrogen) atoms. The van der Waals surface area contributed by atoms with Crippen LogP contribution < -0.4 is 5.14 Å². The molecule has 3 rings (SSSR count). The maximum absolute atomic E-state index is 12.6. The Hall–Kier alpha value is -1.41. The van der Waals surface area contributed by atoms with E-state index in [-0.39, 0.29) is 16.2 Å². The van der Waals surface area contributed by atoms with Crippen LogP contribution in [0.1, 0.15) is 39.5 Å². The van der Waals surface area contributed by atoms with Crippen LogP contribution in [0.15, 0.2) is 17.3 Å². The average molecular weight is 340 g/mol. The lowest BCUT2D eigenvalue weighted by molar-refractivity contribution is -0.132. The van der Waals surface area contributed by atoms with Crippen LogP contribution in [0.4, 0.5) is 0 Å². The molecule has 0 radical (unpaired) electrons. The van der Waals surface area contributed by atoms with Crippen molar-refractivity contribution in [2.45, 2.75) is 57.0 Å². The average Bonchev–Trinajstić information content (AvgIpc) is 3.13. The fourth-order valence-electron chi connectivity index (χ4n) is 4.14. The van der Waals surface area contributed by atoms with Gasteiger partial charge in [-0.05, 0) is 24.2 Å². The molecule has 7 nitrogen and oxygen atoms in total. The van der Waals surface area contributed by atoms with Gasteiger partial charge in [-0.25, -0.2) is 13.6 Å². The number of aryl methyl sites for hydroxylation is 1. The van der Waals surface area contributed by atoms with Gasteiger partial charge in [0.15, 0.2) is 0 Å². The fourth-order valence-corrected chi connectivity index (χ4v) is 4.60. The van der Waals surface area contributed by atoms with Gasteiger partial charge in [-0.2, -0.15) is 5.10 Å². The SMILES string of the molecule is CC1(C)CN(C(=O)CCn2cc(S(N)(=O)=O)cn2)[C@@H]2CCC[C@@H]21. The maximum Gasteiger partial charge on any atom is 0.241 e. The van der Waals surface area contributed by atoms with Crippen molar-refractivity contribution in [2.24, 2.45) is 16.5 Å². The van der Waals surface area contributed by atoms with Crippen molar-refractivity contribution in [1.29, 1.82) is 0 Å². The van der Waals surface area contributed by atoms with Gasteiger partial charge in [0.2, 0.25) is 15.9 Å². The van der Waals surface area contributed by atoms with E-state index in [0.717, 1.165) is 13.0 Å². The summed E-state index contributed by atoms with van der Waals surface area (Å²) >= 11 is 0. The van der Waals surface area contributed by atoms with Gasteiger partial charge in [0, 0.05) is 31.7 Å². The molecule has 1 aliphatic heterocycles. The van der Waals surface area contributed by atoms with Crippen LogP contribution in [0.25, 0.3) is 0 Å². The molecule has 2 fully saturated rings. The zero-order valence-electron chi connectivity index (χ0n) is 13.6. The second-order valence-corrected chi connectivity index (χ2v) is 8.91. The van der Waals surface area contributed by atoms with Gasteiger partial charge >= 0.3 is 0 Å². The summed E-state index contributed by atoms with van der Waals surface area (Å²) in [7, 11) is -3.74. The molecule has 0 aromatic carbocycles. The quantitative estimate of drug-likeness (QED) is 0.882. The number of carbonyl (C=O) groups excluding carboxylic acids is 1. The van der Waals surface area contributed by atoms with E-state index in [0.29, 0.717) is 24.9 Å². The third-order valence-corrected chi connectivity index (χ3v) is 6.14. The zero-order valence-corrected chi connectivity index (χ0v) is 14.4. The minimum absolute atomic E-state index is 0.0249. The molecule has 2 N–H and O–H groups in total. The van der Waals surface area contributed by atoms with Crippen LogP contribution in [0.3, 0.4) is 0 Å². The molecule has 0 spiro atoms. The van der Waals surface area contributed by atoms with E-state index in [2.05, 4.69) is 18.9 Å². The summed E-state index contributed by atoms with van der Waals surface area (Å²) in [5.74, 6) is 0.727. The van der Waals surface area contributed by atoms with Gasteiger partial charge in [-0.1, -0.05) is 20.3 Å². The van der Waals surface area contributed by atoms with Crippen LogP contribution >= 0.6 is 0 Å². The molecule has 2 aliphatic rings. The van der Waals surface area contributed by atoms with Gasteiger partial charge < -0.3 is 4.90 Å². The standard InChI is InChI=1S/C15H24N4O3S/c1-15(2)10-19(13-5-3-4-12(13)15)14(20)6-7-18-9-11(8-17-18)23(16,21)22/h8-9,12-13H,3-7,10H2,1-2H3,(H2,16,21,22)/t12-,13+/m0/s1. The molecular weight excluding hydrogens is 316 g/mol. The van der Waals surface area contributed by atoms with E-state index in [4.69, 9.17) is 5.14 Å². The molecular formula is C15H24N4O3S. The van der Waals surface area contributed by atoms with E-state index in [9.17, 15) is 13.2 Å². The molecule has 1 amide bonds. The Balaban J connectivity index is 1.63. The number of nitrogens with two attached hydrogens (primary N) is 1. The van der Waals surface area contributed by atoms with Crippen LogP contribution in [0.5, 0.6) is 0 Å². The molecule has 8 heteroatoms. The Morgan fingerprint density at radius 2 is 2.17 bits per heavy atom. The number of carbonyl (C=O) groups is 1. The van der Waals surface area contributed by atoms with Crippen molar-refractivity contribution in [3.8, 4) is 0 Å². The number of fused-ring (bicyclic) bond motifs is 1. The number of likely N-dealkylation sites (tertiary alicyclic amines) is 1. The number of primary sulfonamides is 1. The fraction of sp³-hybridized carbons (Fsp3) is 0.733. The highest BCUT2D eigenvalue weighted by Crippen LogP contribution is 2.48. The van der Waals surface area contributed by atoms with Crippen LogP contribution in [-0.2, 0) is 21.4 Å². The highest BCUT2D eigenvalue weighted by atomic mass is 32.2. The lowest BCUT2D eigenvalue weighted by Crippen LogP contribution is -2.36. The predicted octanol–water partition coefficient (Wildman–Crippen LogP) is 0.958. The van der Waals surface area contributed by atoms with E-state index < -0.39 is 10.0 Å². The summed E-state index contributed by atoms with van der Waals surface area (Å²) in [5.41, 5.74) is 0.184. The first-order valence-corrected chi connectivity index (χ1v) is 9.58. The lowest BCUT2D eigenvalue weighted by atomic mass is 9.80. The number of amides is 1. The molecule has 1 aromatic heterocycles. The van der Waals surface area contributed by atoms with Gasteiger partial charge in [-0.3, -0.25) is 9.48 Å². The summed E-state index contributed by atoms with van der Waals surface area (Å²) < 4.78 is 23.9. The number of hydrogen-bond acceptors (Lipinski definition) is 4. The van der Waals surface area contributed by atoms with Gasteiger partial charge in [0.1, 0.15) is 4.90 Å². The molecule has 2 atom stereocenters. The third-order valence-electron chi connectivity index (χ3n) is 5.27. The van der Waals surface area contributed by atoms with E-state index in [1.54, 1.807) is 0 Å². The summed E-state index contributed by atoms with van der Waals surface area (Å²) in [4.78, 5) is 14.6. The Morgan fingerprint density at radius 1 is 1.43 bits per heavy atom. The number of hydrogen-bond donors (Lipinski definition) is 1. The molecule has 1 saturated carbocycles. The highest BCUT2D eigenvalue weighted by Gasteiger charge is 2.50. The van der Waals surface area contributed by atoms with E-state index >= 15 is 0 Å². The first-order chi connectivity index (χ1) is 10.7. The summed E-state index contributed by atoms with van der Waals surface area (Å²) in [6.07, 6.45) is 6.40. The number of aromatic nitrogens is 2. The van der Waals surface area contributed by atoms with E-state index in [1.165, 1.54) is 29.9 Å². The van der Waals surface area contributed by atoms with Crippen molar-refractivity contribution in [3.63, 3.8) is 0 Å². The lowest BCUT2D eigenvalue weighted by Gasteiger charge is -2.24. The Morgan fingerprint density at radius 3 is 2.83 bits per heavy atom. The Kier molecular flexibility index (Phi) is 4.00. The Bertz CT molecular complexity index is 710. The first-order valence-electron chi connectivity index (χ1n) is 8.03. The largest absolute Gasteiger partial charge is 0.339 e. The predicted molar refractivity (Wildman–Crippen MR) is 84.8 cm³/mol.